The van der Waals surface area contributed by atoms with Crippen molar-refractivity contribution in [2.45, 2.75) is 46.1 Å². The van der Waals surface area contributed by atoms with Gasteiger partial charge in [-0.1, -0.05) is 20.3 Å². The first kappa shape index (κ1) is 16.3. The summed E-state index contributed by atoms with van der Waals surface area (Å²) in [6.07, 6.45) is 3.75. The van der Waals surface area contributed by atoms with Gasteiger partial charge in [0, 0.05) is 6.04 Å². The van der Waals surface area contributed by atoms with Gasteiger partial charge in [0.15, 0.2) is 0 Å². The minimum absolute atomic E-state index is 0.388. The lowest BCUT2D eigenvalue weighted by atomic mass is 10.0. The molecule has 6 heteroatoms. The fourth-order valence-electron chi connectivity index (χ4n) is 0.752. The Morgan fingerprint density at radius 1 is 1.21 bits per heavy atom. The second kappa shape index (κ2) is 8.16. The Morgan fingerprint density at radius 3 is 1.79 bits per heavy atom. The summed E-state index contributed by atoms with van der Waals surface area (Å²) in [6.45, 7) is 6.58. The lowest BCUT2D eigenvalue weighted by Gasteiger charge is -2.09. The number of nitrogens with two attached hydrogens (primary N) is 1. The molecule has 0 aromatic carbocycles. The summed E-state index contributed by atoms with van der Waals surface area (Å²) in [5.41, 5.74) is 5.60. The zero-order valence-corrected chi connectivity index (χ0v) is 9.79. The molecule has 2 unspecified atom stereocenters. The van der Waals surface area contributed by atoms with Crippen molar-refractivity contribution in [3.8, 4) is 0 Å². The van der Waals surface area contributed by atoms with Crippen LogP contribution in [-0.4, -0.2) is 23.6 Å². The number of hydrogen-bond acceptors (Lipinski definition) is 3. The van der Waals surface area contributed by atoms with Crippen molar-refractivity contribution in [3.63, 3.8) is 0 Å². The molecule has 0 aromatic rings. The Bertz CT molecular complexity index is 205. The van der Waals surface area contributed by atoms with Crippen molar-refractivity contribution in [2.24, 2.45) is 11.7 Å². The monoisotopic (exact) mass is 227 g/mol. The molecule has 0 spiro atoms. The van der Waals surface area contributed by atoms with Gasteiger partial charge in [-0.15, -0.1) is 0 Å². The van der Waals surface area contributed by atoms with Crippen LogP contribution in [0.4, 0.5) is 0 Å². The maximum absolute atomic E-state index is 8.74. The molecule has 0 saturated heterocycles. The van der Waals surface area contributed by atoms with Gasteiger partial charge in [-0.2, -0.15) is 8.42 Å². The van der Waals surface area contributed by atoms with E-state index >= 15 is 0 Å². The molecule has 0 aliphatic heterocycles. The zero-order chi connectivity index (χ0) is 11.8. The normalized spacial score (nSPS) is 15.3. The van der Waals surface area contributed by atoms with E-state index in [2.05, 4.69) is 20.8 Å². The van der Waals surface area contributed by atoms with E-state index in [-0.39, 0.29) is 0 Å². The van der Waals surface area contributed by atoms with Crippen LogP contribution in [0.1, 0.15) is 40.0 Å². The predicted molar refractivity (Wildman–Crippen MR) is 56.5 cm³/mol. The van der Waals surface area contributed by atoms with Crippen molar-refractivity contribution in [3.05, 3.63) is 0 Å². The first-order chi connectivity index (χ1) is 6.16. The summed E-state index contributed by atoms with van der Waals surface area (Å²) < 4.78 is 31.6. The van der Waals surface area contributed by atoms with E-state index < -0.39 is 10.4 Å². The van der Waals surface area contributed by atoms with Crippen LogP contribution in [0.2, 0.25) is 0 Å². The van der Waals surface area contributed by atoms with E-state index in [0.717, 1.165) is 5.92 Å². The fraction of sp³-hybridized carbons (Fsp3) is 1.00. The van der Waals surface area contributed by atoms with Gasteiger partial charge in [0.1, 0.15) is 0 Å². The maximum atomic E-state index is 8.74. The SMILES string of the molecule is CCC(C)CCC(C)N.O=S(=O)(O)O. The first-order valence-electron chi connectivity index (χ1n) is 4.62. The molecular weight excluding hydrogens is 206 g/mol. The lowest BCUT2D eigenvalue weighted by molar-refractivity contribution is 0.381. The van der Waals surface area contributed by atoms with Crippen molar-refractivity contribution < 1.29 is 17.5 Å². The van der Waals surface area contributed by atoms with Gasteiger partial charge in [-0.05, 0) is 25.7 Å². The molecule has 5 nitrogen and oxygen atoms in total. The van der Waals surface area contributed by atoms with Crippen LogP contribution in [0.15, 0.2) is 0 Å². The summed E-state index contributed by atoms with van der Waals surface area (Å²) in [5, 5.41) is 0. The maximum Gasteiger partial charge on any atom is 0.394 e. The molecule has 2 atom stereocenters. The van der Waals surface area contributed by atoms with Crippen LogP contribution in [0.3, 0.4) is 0 Å². The van der Waals surface area contributed by atoms with Gasteiger partial charge in [0.05, 0.1) is 0 Å². The third kappa shape index (κ3) is 29.7. The minimum Gasteiger partial charge on any atom is -0.328 e. The molecule has 0 fully saturated rings. The Balaban J connectivity index is 0. The number of hydrogen-bond donors (Lipinski definition) is 3. The Hall–Kier alpha value is -0.170. The van der Waals surface area contributed by atoms with Gasteiger partial charge in [0.25, 0.3) is 0 Å². The highest BCUT2D eigenvalue weighted by Gasteiger charge is 1.99. The molecule has 4 N–H and O–H groups in total. The van der Waals surface area contributed by atoms with E-state index in [0.29, 0.717) is 6.04 Å². The van der Waals surface area contributed by atoms with Gasteiger partial charge in [-0.3, -0.25) is 9.11 Å². The van der Waals surface area contributed by atoms with Crippen LogP contribution in [-0.2, 0) is 10.4 Å². The Morgan fingerprint density at radius 2 is 1.57 bits per heavy atom. The molecule has 0 aliphatic carbocycles. The van der Waals surface area contributed by atoms with Crippen molar-refractivity contribution in [1.82, 2.24) is 0 Å². The molecular formula is C8H21NO4S. The van der Waals surface area contributed by atoms with Crippen LogP contribution in [0.5, 0.6) is 0 Å². The molecule has 0 bridgehead atoms. The first-order valence-corrected chi connectivity index (χ1v) is 6.02. The standard InChI is InChI=1S/C8H19N.H2O4S/c1-4-7(2)5-6-8(3)9;1-5(2,3)4/h7-8H,4-6,9H2,1-3H3;(H2,1,2,3,4). The van der Waals surface area contributed by atoms with E-state index in [1.807, 2.05) is 0 Å². The average Bonchev–Trinajstić information content (AvgIpc) is 1.96. The molecule has 0 aliphatic rings. The highest BCUT2D eigenvalue weighted by atomic mass is 32.3. The van der Waals surface area contributed by atoms with Gasteiger partial charge in [0.2, 0.25) is 0 Å². The van der Waals surface area contributed by atoms with E-state index in [1.165, 1.54) is 19.3 Å². The zero-order valence-electron chi connectivity index (χ0n) is 8.97. The predicted octanol–water partition coefficient (Wildman–Crippen LogP) is 1.51. The molecule has 0 amide bonds. The van der Waals surface area contributed by atoms with Crippen molar-refractivity contribution >= 4 is 10.4 Å². The third-order valence-corrected chi connectivity index (χ3v) is 1.81. The quantitative estimate of drug-likeness (QED) is 0.632. The van der Waals surface area contributed by atoms with Crippen LogP contribution in [0.25, 0.3) is 0 Å². The van der Waals surface area contributed by atoms with Gasteiger partial charge < -0.3 is 5.73 Å². The Labute approximate surface area is 86.3 Å². The molecule has 0 aromatic heterocycles. The molecule has 0 saturated carbocycles. The van der Waals surface area contributed by atoms with Crippen LogP contribution < -0.4 is 5.73 Å². The summed E-state index contributed by atoms with van der Waals surface area (Å²) >= 11 is 0. The molecule has 14 heavy (non-hydrogen) atoms. The van der Waals surface area contributed by atoms with E-state index in [4.69, 9.17) is 23.3 Å². The molecule has 0 radical (unpaired) electrons. The second-order valence-electron chi connectivity index (χ2n) is 3.52. The molecule has 0 rings (SSSR count). The van der Waals surface area contributed by atoms with Crippen molar-refractivity contribution in [1.29, 1.82) is 0 Å². The average molecular weight is 227 g/mol. The largest absolute Gasteiger partial charge is 0.394 e. The topological polar surface area (TPSA) is 101 Å². The Kier molecular flexibility index (Phi) is 9.49. The van der Waals surface area contributed by atoms with Crippen molar-refractivity contribution in [2.75, 3.05) is 0 Å². The summed E-state index contributed by atoms with van der Waals surface area (Å²) in [6, 6.07) is 0.388. The van der Waals surface area contributed by atoms with Crippen LogP contribution in [0, 0.1) is 5.92 Å². The van der Waals surface area contributed by atoms with Gasteiger partial charge in [-0.25, -0.2) is 0 Å². The van der Waals surface area contributed by atoms with E-state index in [9.17, 15) is 0 Å². The fourth-order valence-corrected chi connectivity index (χ4v) is 0.752. The summed E-state index contributed by atoms with van der Waals surface area (Å²) in [5.74, 6) is 0.857. The highest BCUT2D eigenvalue weighted by molar-refractivity contribution is 7.79. The van der Waals surface area contributed by atoms with Crippen LogP contribution >= 0.6 is 0 Å². The van der Waals surface area contributed by atoms with E-state index in [1.54, 1.807) is 0 Å². The highest BCUT2D eigenvalue weighted by Crippen LogP contribution is 2.09. The summed E-state index contributed by atoms with van der Waals surface area (Å²) in [7, 11) is -4.67. The smallest absolute Gasteiger partial charge is 0.328 e. The lowest BCUT2D eigenvalue weighted by Crippen LogP contribution is -2.15. The third-order valence-electron chi connectivity index (χ3n) is 1.81. The summed E-state index contributed by atoms with van der Waals surface area (Å²) in [4.78, 5) is 0. The molecule has 0 heterocycles. The number of rotatable bonds is 4. The molecule has 88 valence electrons. The van der Waals surface area contributed by atoms with Gasteiger partial charge >= 0.3 is 10.4 Å². The minimum atomic E-state index is -4.67. The second-order valence-corrected chi connectivity index (χ2v) is 4.41.